The first kappa shape index (κ1) is 9.25. The number of aromatic nitrogens is 3. The fourth-order valence-corrected chi connectivity index (χ4v) is 1.18. The molecule has 0 saturated carbocycles. The van der Waals surface area contributed by atoms with Crippen LogP contribution < -0.4 is 11.6 Å². The average molecular weight is 209 g/mol. The summed E-state index contributed by atoms with van der Waals surface area (Å²) in [5, 5.41) is 16.6. The van der Waals surface area contributed by atoms with Crippen LogP contribution in [0.15, 0.2) is 18.2 Å². The van der Waals surface area contributed by atoms with Gasteiger partial charge in [0.25, 0.3) is 0 Å². The topological polar surface area (TPSA) is 103 Å². The number of halogens is 1. The van der Waals surface area contributed by atoms with E-state index in [9.17, 15) is 9.50 Å². The minimum Gasteiger partial charge on any atom is -0.507 e. The van der Waals surface area contributed by atoms with E-state index >= 15 is 0 Å². The molecule has 0 saturated heterocycles. The quantitative estimate of drug-likeness (QED) is 0.577. The summed E-state index contributed by atoms with van der Waals surface area (Å²) >= 11 is 0. The Hall–Kier alpha value is -2.31. The van der Waals surface area contributed by atoms with E-state index in [4.69, 9.17) is 11.6 Å². The van der Waals surface area contributed by atoms with Gasteiger partial charge in [-0.1, -0.05) is 0 Å². The fourth-order valence-electron chi connectivity index (χ4n) is 1.18. The molecule has 0 fully saturated rings. The SMILES string of the molecule is Nc1nnc(-c2ccc(F)cc2O)n1N. The zero-order valence-corrected chi connectivity index (χ0v) is 7.55. The summed E-state index contributed by atoms with van der Waals surface area (Å²) in [7, 11) is 0. The second-order valence-corrected chi connectivity index (χ2v) is 2.91. The molecule has 78 valence electrons. The molecule has 2 rings (SSSR count). The summed E-state index contributed by atoms with van der Waals surface area (Å²) < 4.78 is 13.7. The highest BCUT2D eigenvalue weighted by Gasteiger charge is 2.13. The Bertz CT molecular complexity index is 510. The maximum Gasteiger partial charge on any atom is 0.241 e. The molecule has 0 spiro atoms. The number of hydrogen-bond donors (Lipinski definition) is 3. The van der Waals surface area contributed by atoms with E-state index in [1.54, 1.807) is 0 Å². The Morgan fingerprint density at radius 3 is 2.60 bits per heavy atom. The third-order valence-electron chi connectivity index (χ3n) is 1.92. The van der Waals surface area contributed by atoms with Crippen LogP contribution in [-0.2, 0) is 0 Å². The van der Waals surface area contributed by atoms with Crippen LogP contribution in [0.4, 0.5) is 10.3 Å². The van der Waals surface area contributed by atoms with Crippen LogP contribution in [0, 0.1) is 5.82 Å². The van der Waals surface area contributed by atoms with E-state index in [2.05, 4.69) is 10.2 Å². The lowest BCUT2D eigenvalue weighted by molar-refractivity contribution is 0.470. The zero-order valence-electron chi connectivity index (χ0n) is 7.55. The third kappa shape index (κ3) is 1.43. The molecule has 1 heterocycles. The van der Waals surface area contributed by atoms with Crippen molar-refractivity contribution >= 4 is 5.95 Å². The highest BCUT2D eigenvalue weighted by molar-refractivity contribution is 5.64. The van der Waals surface area contributed by atoms with Crippen molar-refractivity contribution in [2.75, 3.05) is 11.6 Å². The maximum atomic E-state index is 12.7. The Morgan fingerprint density at radius 2 is 2.07 bits per heavy atom. The van der Waals surface area contributed by atoms with Crippen molar-refractivity contribution in [3.05, 3.63) is 24.0 Å². The average Bonchev–Trinajstić information content (AvgIpc) is 2.49. The largest absolute Gasteiger partial charge is 0.507 e. The van der Waals surface area contributed by atoms with Gasteiger partial charge >= 0.3 is 0 Å². The van der Waals surface area contributed by atoms with Gasteiger partial charge in [0.05, 0.1) is 5.56 Å². The van der Waals surface area contributed by atoms with Gasteiger partial charge in [-0.3, -0.25) is 0 Å². The van der Waals surface area contributed by atoms with Crippen LogP contribution in [0.3, 0.4) is 0 Å². The number of phenols is 1. The van der Waals surface area contributed by atoms with Gasteiger partial charge in [-0.05, 0) is 12.1 Å². The summed E-state index contributed by atoms with van der Waals surface area (Å²) in [5.41, 5.74) is 5.63. The van der Waals surface area contributed by atoms with Crippen LogP contribution in [0.2, 0.25) is 0 Å². The van der Waals surface area contributed by atoms with Crippen molar-refractivity contribution in [2.45, 2.75) is 0 Å². The Kier molecular flexibility index (Phi) is 1.93. The molecular weight excluding hydrogens is 201 g/mol. The normalized spacial score (nSPS) is 10.5. The van der Waals surface area contributed by atoms with E-state index in [-0.39, 0.29) is 23.1 Å². The summed E-state index contributed by atoms with van der Waals surface area (Å²) in [6, 6.07) is 3.48. The molecule has 0 radical (unpaired) electrons. The summed E-state index contributed by atoms with van der Waals surface area (Å²) in [4.78, 5) is 0. The Morgan fingerprint density at radius 1 is 1.33 bits per heavy atom. The second-order valence-electron chi connectivity index (χ2n) is 2.91. The van der Waals surface area contributed by atoms with Crippen molar-refractivity contribution in [1.29, 1.82) is 0 Å². The first-order chi connectivity index (χ1) is 7.09. The summed E-state index contributed by atoms with van der Waals surface area (Å²) in [6.07, 6.45) is 0. The maximum absolute atomic E-state index is 12.7. The van der Waals surface area contributed by atoms with Crippen molar-refractivity contribution in [1.82, 2.24) is 14.9 Å². The number of hydrogen-bond acceptors (Lipinski definition) is 5. The number of rotatable bonds is 1. The van der Waals surface area contributed by atoms with Crippen LogP contribution in [0.5, 0.6) is 5.75 Å². The number of anilines is 1. The van der Waals surface area contributed by atoms with Crippen molar-refractivity contribution in [2.24, 2.45) is 0 Å². The smallest absolute Gasteiger partial charge is 0.241 e. The molecule has 7 heteroatoms. The fraction of sp³-hybridized carbons (Fsp3) is 0. The van der Waals surface area contributed by atoms with Gasteiger partial charge in [-0.2, -0.15) is 0 Å². The minimum absolute atomic E-state index is 0.00808. The molecule has 0 aliphatic carbocycles. The summed E-state index contributed by atoms with van der Waals surface area (Å²) in [6.45, 7) is 0. The summed E-state index contributed by atoms with van der Waals surface area (Å²) in [5.74, 6) is 4.86. The highest BCUT2D eigenvalue weighted by Crippen LogP contribution is 2.27. The standard InChI is InChI=1S/C8H8FN5O/c9-4-1-2-5(6(15)3-4)7-12-13-8(10)14(7)11/h1-3,15H,11H2,(H2,10,13). The monoisotopic (exact) mass is 209 g/mol. The molecule has 0 atom stereocenters. The molecule has 2 aromatic rings. The number of nitrogens with two attached hydrogens (primary N) is 2. The van der Waals surface area contributed by atoms with Gasteiger partial charge in [0, 0.05) is 6.07 Å². The molecule has 0 bridgehead atoms. The van der Waals surface area contributed by atoms with Crippen LogP contribution in [0.25, 0.3) is 11.4 Å². The first-order valence-corrected chi connectivity index (χ1v) is 4.04. The molecule has 6 nitrogen and oxygen atoms in total. The molecule has 0 unspecified atom stereocenters. The van der Waals surface area contributed by atoms with E-state index in [1.807, 2.05) is 0 Å². The third-order valence-corrected chi connectivity index (χ3v) is 1.92. The minimum atomic E-state index is -0.549. The molecule has 1 aromatic carbocycles. The van der Waals surface area contributed by atoms with Gasteiger partial charge in [0.15, 0.2) is 5.82 Å². The lowest BCUT2D eigenvalue weighted by atomic mass is 10.2. The molecule has 5 N–H and O–H groups in total. The molecular formula is C8H8FN5O. The Balaban J connectivity index is 2.59. The van der Waals surface area contributed by atoms with Crippen molar-refractivity contribution < 1.29 is 9.50 Å². The van der Waals surface area contributed by atoms with Crippen LogP contribution in [-0.4, -0.2) is 20.0 Å². The van der Waals surface area contributed by atoms with E-state index in [1.165, 1.54) is 12.1 Å². The number of nitrogens with zero attached hydrogens (tertiary/aromatic N) is 3. The lowest BCUT2D eigenvalue weighted by Gasteiger charge is -2.03. The van der Waals surface area contributed by atoms with Gasteiger partial charge in [-0.15, -0.1) is 10.2 Å². The van der Waals surface area contributed by atoms with Gasteiger partial charge in [0.2, 0.25) is 5.95 Å². The zero-order chi connectivity index (χ0) is 11.0. The van der Waals surface area contributed by atoms with Gasteiger partial charge in [-0.25, -0.2) is 9.07 Å². The van der Waals surface area contributed by atoms with Crippen molar-refractivity contribution in [3.8, 4) is 17.1 Å². The first-order valence-electron chi connectivity index (χ1n) is 4.04. The molecule has 0 aliphatic heterocycles. The molecule has 0 aliphatic rings. The second kappa shape index (κ2) is 3.12. The van der Waals surface area contributed by atoms with Gasteiger partial charge < -0.3 is 16.7 Å². The highest BCUT2D eigenvalue weighted by atomic mass is 19.1. The number of nitrogen functional groups attached to an aromatic ring is 2. The number of phenolic OH excluding ortho intramolecular Hbond substituents is 1. The molecule has 1 aromatic heterocycles. The lowest BCUT2D eigenvalue weighted by Crippen LogP contribution is -2.13. The van der Waals surface area contributed by atoms with Crippen molar-refractivity contribution in [3.63, 3.8) is 0 Å². The van der Waals surface area contributed by atoms with Gasteiger partial charge in [0.1, 0.15) is 11.6 Å². The van der Waals surface area contributed by atoms with E-state index in [0.717, 1.165) is 10.7 Å². The number of aromatic hydroxyl groups is 1. The Labute approximate surface area is 83.9 Å². The van der Waals surface area contributed by atoms with E-state index < -0.39 is 5.82 Å². The molecule has 15 heavy (non-hydrogen) atoms. The molecule has 0 amide bonds. The predicted molar refractivity (Wildman–Crippen MR) is 51.6 cm³/mol. The van der Waals surface area contributed by atoms with Crippen LogP contribution >= 0.6 is 0 Å². The van der Waals surface area contributed by atoms with E-state index in [0.29, 0.717) is 0 Å². The number of benzene rings is 1. The van der Waals surface area contributed by atoms with Crippen LogP contribution in [0.1, 0.15) is 0 Å². The predicted octanol–water partition coefficient (Wildman–Crippen LogP) is 0.0858.